The summed E-state index contributed by atoms with van der Waals surface area (Å²) in [7, 11) is 3.85. The van der Waals surface area contributed by atoms with E-state index in [2.05, 4.69) is 20.3 Å². The standard InChI is InChI=1S/C19H21N5OS/c1-12-10-16(24(3)4)23-15(21-12)11-20-18(25)17-13(2)22-19(26-17)14-8-6-5-7-9-14/h5-10H,11H2,1-4H3,(H,20,25). The maximum atomic E-state index is 12.6. The molecule has 0 unspecified atom stereocenters. The van der Waals surface area contributed by atoms with Gasteiger partial charge in [0.05, 0.1) is 12.2 Å². The van der Waals surface area contributed by atoms with Crippen molar-refractivity contribution < 1.29 is 4.79 Å². The highest BCUT2D eigenvalue weighted by molar-refractivity contribution is 7.17. The van der Waals surface area contributed by atoms with Gasteiger partial charge >= 0.3 is 0 Å². The second-order valence-electron chi connectivity index (χ2n) is 6.16. The van der Waals surface area contributed by atoms with Crippen molar-refractivity contribution in [3.05, 3.63) is 58.5 Å². The fraction of sp³-hybridized carbons (Fsp3) is 0.263. The van der Waals surface area contributed by atoms with Gasteiger partial charge in [-0.05, 0) is 13.8 Å². The fourth-order valence-corrected chi connectivity index (χ4v) is 3.46. The number of carbonyl (C=O) groups is 1. The molecule has 1 aromatic carbocycles. The van der Waals surface area contributed by atoms with E-state index in [1.165, 1.54) is 11.3 Å². The summed E-state index contributed by atoms with van der Waals surface area (Å²) in [5, 5.41) is 3.74. The zero-order valence-electron chi connectivity index (χ0n) is 15.3. The number of rotatable bonds is 5. The lowest BCUT2D eigenvalue weighted by Crippen LogP contribution is -2.24. The lowest BCUT2D eigenvalue weighted by atomic mass is 10.2. The van der Waals surface area contributed by atoms with Crippen LogP contribution in [0.5, 0.6) is 0 Å². The number of aryl methyl sites for hydroxylation is 2. The topological polar surface area (TPSA) is 71.0 Å². The van der Waals surface area contributed by atoms with E-state index in [4.69, 9.17) is 0 Å². The molecule has 0 radical (unpaired) electrons. The molecule has 3 rings (SSSR count). The number of thiazole rings is 1. The third-order valence-corrected chi connectivity index (χ3v) is 4.98. The van der Waals surface area contributed by atoms with E-state index in [1.807, 2.05) is 69.2 Å². The molecule has 134 valence electrons. The van der Waals surface area contributed by atoms with Gasteiger partial charge in [-0.25, -0.2) is 15.0 Å². The van der Waals surface area contributed by atoms with Gasteiger partial charge in [0.25, 0.3) is 5.91 Å². The molecule has 2 heterocycles. The Balaban J connectivity index is 1.74. The van der Waals surface area contributed by atoms with Crippen molar-refractivity contribution in [2.45, 2.75) is 20.4 Å². The Kier molecular flexibility index (Phi) is 5.27. The Morgan fingerprint density at radius 3 is 2.54 bits per heavy atom. The number of hydrogen-bond acceptors (Lipinski definition) is 6. The van der Waals surface area contributed by atoms with Crippen LogP contribution in [0.4, 0.5) is 5.82 Å². The van der Waals surface area contributed by atoms with Crippen molar-refractivity contribution in [1.82, 2.24) is 20.3 Å². The number of benzene rings is 1. The van der Waals surface area contributed by atoms with Gasteiger partial charge in [0.1, 0.15) is 21.5 Å². The van der Waals surface area contributed by atoms with E-state index in [-0.39, 0.29) is 12.5 Å². The van der Waals surface area contributed by atoms with E-state index in [0.717, 1.165) is 27.8 Å². The van der Waals surface area contributed by atoms with Crippen molar-refractivity contribution in [3.63, 3.8) is 0 Å². The van der Waals surface area contributed by atoms with Crippen LogP contribution in [0.15, 0.2) is 36.4 Å². The van der Waals surface area contributed by atoms with Crippen molar-refractivity contribution in [3.8, 4) is 10.6 Å². The predicted octanol–water partition coefficient (Wildman–Crippen LogP) is 3.21. The molecule has 6 nitrogen and oxygen atoms in total. The minimum atomic E-state index is -0.154. The lowest BCUT2D eigenvalue weighted by Gasteiger charge is -2.13. The first-order valence-electron chi connectivity index (χ1n) is 8.27. The van der Waals surface area contributed by atoms with Crippen LogP contribution in [0.25, 0.3) is 10.6 Å². The minimum absolute atomic E-state index is 0.154. The number of hydrogen-bond donors (Lipinski definition) is 1. The van der Waals surface area contributed by atoms with Crippen LogP contribution in [-0.4, -0.2) is 35.0 Å². The van der Waals surface area contributed by atoms with Gasteiger partial charge in [-0.3, -0.25) is 4.79 Å². The molecule has 1 amide bonds. The van der Waals surface area contributed by atoms with Crippen LogP contribution >= 0.6 is 11.3 Å². The Hall–Kier alpha value is -2.80. The normalized spacial score (nSPS) is 10.6. The number of nitrogens with one attached hydrogen (secondary N) is 1. The Bertz CT molecular complexity index is 921. The summed E-state index contributed by atoms with van der Waals surface area (Å²) in [6, 6.07) is 11.8. The molecular weight excluding hydrogens is 346 g/mol. The van der Waals surface area contributed by atoms with Gasteiger partial charge in [-0.1, -0.05) is 30.3 Å². The zero-order chi connectivity index (χ0) is 18.7. The van der Waals surface area contributed by atoms with E-state index in [9.17, 15) is 4.79 Å². The first-order valence-corrected chi connectivity index (χ1v) is 9.08. The summed E-state index contributed by atoms with van der Waals surface area (Å²) in [5.41, 5.74) is 2.61. The summed E-state index contributed by atoms with van der Waals surface area (Å²) < 4.78 is 0. The molecule has 2 aromatic heterocycles. The van der Waals surface area contributed by atoms with Crippen LogP contribution in [-0.2, 0) is 6.54 Å². The summed E-state index contributed by atoms with van der Waals surface area (Å²) in [6.45, 7) is 4.05. The number of aromatic nitrogens is 3. The van der Waals surface area contributed by atoms with Crippen LogP contribution in [0.2, 0.25) is 0 Å². The molecule has 0 spiro atoms. The molecule has 0 saturated carbocycles. The summed E-state index contributed by atoms with van der Waals surface area (Å²) >= 11 is 1.39. The van der Waals surface area contributed by atoms with Gasteiger partial charge in [-0.15, -0.1) is 11.3 Å². The summed E-state index contributed by atoms with van der Waals surface area (Å²) in [5.74, 6) is 1.26. The maximum absolute atomic E-state index is 12.6. The number of amides is 1. The second kappa shape index (κ2) is 7.61. The molecule has 1 N–H and O–H groups in total. The number of anilines is 1. The highest BCUT2D eigenvalue weighted by atomic mass is 32.1. The molecule has 0 aliphatic carbocycles. The lowest BCUT2D eigenvalue weighted by molar-refractivity contribution is 0.0953. The van der Waals surface area contributed by atoms with Crippen LogP contribution < -0.4 is 10.2 Å². The maximum Gasteiger partial charge on any atom is 0.263 e. The predicted molar refractivity (Wildman–Crippen MR) is 105 cm³/mol. The molecule has 0 aliphatic rings. The van der Waals surface area contributed by atoms with Crippen molar-refractivity contribution in [2.75, 3.05) is 19.0 Å². The van der Waals surface area contributed by atoms with Gasteiger partial charge in [0, 0.05) is 31.4 Å². The van der Waals surface area contributed by atoms with Gasteiger partial charge < -0.3 is 10.2 Å². The van der Waals surface area contributed by atoms with Crippen molar-refractivity contribution in [1.29, 1.82) is 0 Å². The van der Waals surface area contributed by atoms with Gasteiger partial charge in [0.15, 0.2) is 0 Å². The van der Waals surface area contributed by atoms with E-state index in [1.54, 1.807) is 0 Å². The summed E-state index contributed by atoms with van der Waals surface area (Å²) in [4.78, 5) is 28.5. The highest BCUT2D eigenvalue weighted by Gasteiger charge is 2.16. The van der Waals surface area contributed by atoms with E-state index in [0.29, 0.717) is 10.7 Å². The average Bonchev–Trinajstić information content (AvgIpc) is 3.02. The fourth-order valence-electron chi connectivity index (χ4n) is 2.47. The molecule has 0 fully saturated rings. The molecular formula is C19H21N5OS. The molecule has 0 aliphatic heterocycles. The van der Waals surface area contributed by atoms with Gasteiger partial charge in [-0.2, -0.15) is 0 Å². The molecule has 26 heavy (non-hydrogen) atoms. The quantitative estimate of drug-likeness (QED) is 0.750. The largest absolute Gasteiger partial charge is 0.363 e. The molecule has 7 heteroatoms. The number of carbonyl (C=O) groups excluding carboxylic acids is 1. The van der Waals surface area contributed by atoms with E-state index >= 15 is 0 Å². The second-order valence-corrected chi connectivity index (χ2v) is 7.16. The van der Waals surface area contributed by atoms with Crippen LogP contribution in [0.3, 0.4) is 0 Å². The smallest absolute Gasteiger partial charge is 0.263 e. The molecule has 0 bridgehead atoms. The first-order chi connectivity index (χ1) is 12.4. The highest BCUT2D eigenvalue weighted by Crippen LogP contribution is 2.27. The third kappa shape index (κ3) is 4.05. The summed E-state index contributed by atoms with van der Waals surface area (Å²) in [6.07, 6.45) is 0. The van der Waals surface area contributed by atoms with Crippen LogP contribution in [0, 0.1) is 13.8 Å². The van der Waals surface area contributed by atoms with Crippen molar-refractivity contribution >= 4 is 23.1 Å². The monoisotopic (exact) mass is 367 g/mol. The van der Waals surface area contributed by atoms with Crippen LogP contribution in [0.1, 0.15) is 26.9 Å². The van der Waals surface area contributed by atoms with E-state index < -0.39 is 0 Å². The number of nitrogens with zero attached hydrogens (tertiary/aromatic N) is 4. The van der Waals surface area contributed by atoms with Gasteiger partial charge in [0.2, 0.25) is 0 Å². The minimum Gasteiger partial charge on any atom is -0.363 e. The molecule has 3 aromatic rings. The molecule has 0 saturated heterocycles. The first kappa shape index (κ1) is 18.0. The Morgan fingerprint density at radius 1 is 1.12 bits per heavy atom. The zero-order valence-corrected chi connectivity index (χ0v) is 16.1. The molecule has 0 atom stereocenters. The SMILES string of the molecule is Cc1cc(N(C)C)nc(CNC(=O)c2sc(-c3ccccc3)nc2C)n1. The third-order valence-electron chi connectivity index (χ3n) is 3.78. The Labute approximate surface area is 157 Å². The average molecular weight is 367 g/mol. The van der Waals surface area contributed by atoms with Crippen molar-refractivity contribution in [2.24, 2.45) is 0 Å². The Morgan fingerprint density at radius 2 is 1.85 bits per heavy atom.